The van der Waals surface area contributed by atoms with Crippen LogP contribution in [0.4, 0.5) is 4.39 Å². The van der Waals surface area contributed by atoms with Crippen LogP contribution in [0.2, 0.25) is 0 Å². The predicted octanol–water partition coefficient (Wildman–Crippen LogP) is 1.72. The lowest BCUT2D eigenvalue weighted by atomic mass is 9.82. The van der Waals surface area contributed by atoms with Gasteiger partial charge in [-0.05, 0) is 58.2 Å². The minimum absolute atomic E-state index is 0.0552. The van der Waals surface area contributed by atoms with Crippen LogP contribution in [0.15, 0.2) is 18.2 Å². The topological polar surface area (TPSA) is 103 Å². The Labute approximate surface area is 223 Å². The van der Waals surface area contributed by atoms with Crippen LogP contribution in [0.25, 0.3) is 0 Å². The lowest BCUT2D eigenvalue weighted by Gasteiger charge is -2.45. The molecule has 1 aliphatic carbocycles. The molecule has 4 aliphatic rings. The van der Waals surface area contributed by atoms with Crippen LogP contribution in [0.5, 0.6) is 5.75 Å². The second kappa shape index (κ2) is 11.6. The third kappa shape index (κ3) is 5.52. The molecule has 0 radical (unpaired) electrons. The van der Waals surface area contributed by atoms with Crippen molar-refractivity contribution < 1.29 is 23.5 Å². The number of rotatable bonds is 7. The van der Waals surface area contributed by atoms with Gasteiger partial charge in [-0.1, -0.05) is 25.3 Å². The van der Waals surface area contributed by atoms with E-state index in [0.29, 0.717) is 18.8 Å². The highest BCUT2D eigenvalue weighted by atomic mass is 19.1. The normalized spacial score (nSPS) is 27.1. The molecule has 3 heterocycles. The van der Waals surface area contributed by atoms with Gasteiger partial charge in [-0.2, -0.15) is 0 Å². The van der Waals surface area contributed by atoms with E-state index in [-0.39, 0.29) is 42.1 Å². The van der Waals surface area contributed by atoms with Crippen molar-refractivity contribution in [1.29, 1.82) is 0 Å². The highest BCUT2D eigenvalue weighted by Gasteiger charge is 2.45. The Morgan fingerprint density at radius 1 is 1.08 bits per heavy atom. The van der Waals surface area contributed by atoms with Crippen molar-refractivity contribution >= 4 is 17.7 Å². The molecule has 0 bridgehead atoms. The zero-order valence-corrected chi connectivity index (χ0v) is 22.4. The molecule has 2 saturated heterocycles. The molecule has 5 unspecified atom stereocenters. The molecule has 3 aliphatic heterocycles. The Morgan fingerprint density at radius 2 is 1.87 bits per heavy atom. The summed E-state index contributed by atoms with van der Waals surface area (Å²) in [4.78, 5) is 44.9. The number of piperazine rings is 1. The number of amides is 3. The highest BCUT2D eigenvalue weighted by molar-refractivity contribution is 5.93. The third-order valence-electron chi connectivity index (χ3n) is 8.86. The quantitative estimate of drug-likeness (QED) is 0.497. The number of nitrogens with one attached hydrogen (secondary N) is 3. The first kappa shape index (κ1) is 26.9. The molecule has 10 heteroatoms. The van der Waals surface area contributed by atoms with E-state index in [4.69, 9.17) is 4.74 Å². The van der Waals surface area contributed by atoms with E-state index in [9.17, 15) is 18.8 Å². The summed E-state index contributed by atoms with van der Waals surface area (Å²) < 4.78 is 19.3. The van der Waals surface area contributed by atoms with E-state index < -0.39 is 24.2 Å². The average molecular weight is 530 g/mol. The highest BCUT2D eigenvalue weighted by Crippen LogP contribution is 2.34. The number of carbonyl (C=O) groups excluding carboxylic acids is 3. The summed E-state index contributed by atoms with van der Waals surface area (Å²) in [6.45, 7) is 3.84. The number of ether oxygens (including phenoxy) is 1. The lowest BCUT2D eigenvalue weighted by molar-refractivity contribution is -0.149. The van der Waals surface area contributed by atoms with Gasteiger partial charge in [-0.3, -0.25) is 19.3 Å². The molecule has 0 spiro atoms. The number of hydrogen-bond acceptors (Lipinski definition) is 6. The van der Waals surface area contributed by atoms with Crippen LogP contribution in [0.1, 0.15) is 63.5 Å². The van der Waals surface area contributed by atoms with Gasteiger partial charge in [0.2, 0.25) is 17.7 Å². The average Bonchev–Trinajstić information content (AvgIpc) is 3.56. The Morgan fingerprint density at radius 3 is 2.63 bits per heavy atom. The first-order valence-electron chi connectivity index (χ1n) is 14.1. The first-order chi connectivity index (χ1) is 18.4. The summed E-state index contributed by atoms with van der Waals surface area (Å²) in [7, 11) is 1.72. The Balaban J connectivity index is 1.37. The summed E-state index contributed by atoms with van der Waals surface area (Å²) >= 11 is 0. The Bertz CT molecular complexity index is 1050. The van der Waals surface area contributed by atoms with Gasteiger partial charge in [-0.15, -0.1) is 0 Å². The minimum atomic E-state index is -0.675. The van der Waals surface area contributed by atoms with Crippen molar-refractivity contribution in [2.75, 3.05) is 33.3 Å². The molecule has 5 rings (SSSR count). The molecule has 1 aromatic carbocycles. The molecule has 3 N–H and O–H groups in total. The van der Waals surface area contributed by atoms with Gasteiger partial charge in [0.05, 0.1) is 12.1 Å². The number of likely N-dealkylation sites (N-methyl/N-ethyl adjacent to an activating group) is 1. The summed E-state index contributed by atoms with van der Waals surface area (Å²) in [6, 6.07) is 2.40. The molecule has 0 aromatic heterocycles. The first-order valence-corrected chi connectivity index (χ1v) is 14.1. The van der Waals surface area contributed by atoms with Crippen molar-refractivity contribution in [3.63, 3.8) is 0 Å². The van der Waals surface area contributed by atoms with Gasteiger partial charge in [-0.25, -0.2) is 4.39 Å². The van der Waals surface area contributed by atoms with Crippen molar-refractivity contribution in [3.8, 4) is 5.75 Å². The fourth-order valence-electron chi connectivity index (χ4n) is 6.49. The minimum Gasteiger partial charge on any atom is -0.491 e. The molecule has 5 atom stereocenters. The summed E-state index contributed by atoms with van der Waals surface area (Å²) in [6.07, 6.45) is 7.01. The van der Waals surface area contributed by atoms with Gasteiger partial charge >= 0.3 is 0 Å². The van der Waals surface area contributed by atoms with Crippen LogP contribution in [-0.4, -0.2) is 85.0 Å². The third-order valence-corrected chi connectivity index (χ3v) is 8.86. The van der Waals surface area contributed by atoms with E-state index >= 15 is 0 Å². The van der Waals surface area contributed by atoms with Gasteiger partial charge < -0.3 is 25.6 Å². The van der Waals surface area contributed by atoms with Crippen LogP contribution in [0, 0.1) is 11.7 Å². The zero-order valence-electron chi connectivity index (χ0n) is 22.4. The van der Waals surface area contributed by atoms with Gasteiger partial charge in [0.25, 0.3) is 0 Å². The van der Waals surface area contributed by atoms with Gasteiger partial charge in [0, 0.05) is 30.8 Å². The number of fused-ring (bicyclic) bond motifs is 2. The molecule has 1 aromatic rings. The van der Waals surface area contributed by atoms with Crippen LogP contribution in [0.3, 0.4) is 0 Å². The number of carbonyl (C=O) groups is 3. The molecule has 38 heavy (non-hydrogen) atoms. The van der Waals surface area contributed by atoms with Crippen LogP contribution < -0.4 is 20.7 Å². The van der Waals surface area contributed by atoms with Crippen molar-refractivity contribution in [1.82, 2.24) is 25.8 Å². The van der Waals surface area contributed by atoms with E-state index in [0.717, 1.165) is 57.1 Å². The molecule has 3 amide bonds. The van der Waals surface area contributed by atoms with Crippen molar-refractivity contribution in [2.45, 2.75) is 82.1 Å². The maximum absolute atomic E-state index is 14.2. The maximum Gasteiger partial charge on any atom is 0.246 e. The van der Waals surface area contributed by atoms with E-state index in [1.807, 2.05) is 0 Å². The second-order valence-electron chi connectivity index (χ2n) is 11.2. The lowest BCUT2D eigenvalue weighted by Crippen LogP contribution is -2.66. The zero-order chi connectivity index (χ0) is 26.8. The largest absolute Gasteiger partial charge is 0.491 e. The molecular weight excluding hydrogens is 489 g/mol. The smallest absolute Gasteiger partial charge is 0.246 e. The monoisotopic (exact) mass is 529 g/mol. The van der Waals surface area contributed by atoms with Crippen LogP contribution >= 0.6 is 0 Å². The number of hydrogen-bond donors (Lipinski definition) is 3. The Hall–Kier alpha value is -2.72. The van der Waals surface area contributed by atoms with Crippen LogP contribution in [-0.2, 0) is 14.4 Å². The SMILES string of the molecule is CNC(C)C(=O)NC(C(=O)N1CC2CCCN2CC1C(=O)NC1COc2cc(F)ccc21)C1CCCCC1. The van der Waals surface area contributed by atoms with E-state index in [1.165, 1.54) is 12.1 Å². The molecule has 1 saturated carbocycles. The molecule has 208 valence electrons. The number of halogens is 1. The molecule has 9 nitrogen and oxygen atoms in total. The van der Waals surface area contributed by atoms with E-state index in [2.05, 4.69) is 20.9 Å². The summed E-state index contributed by atoms with van der Waals surface area (Å²) in [5.41, 5.74) is 0.737. The summed E-state index contributed by atoms with van der Waals surface area (Å²) in [5, 5.41) is 9.08. The standard InChI is InChI=1S/C28H40FN5O4/c1-17(30-2)26(35)32-25(18-7-4-3-5-8-18)28(37)34-14-20-9-6-12-33(20)15-23(34)27(36)31-22-16-38-24-13-19(29)10-11-21(22)24/h10-11,13,17-18,20,22-23,25,30H,3-9,12,14-16H2,1-2H3,(H,31,36)(H,32,35). The fraction of sp³-hybridized carbons (Fsp3) is 0.679. The summed E-state index contributed by atoms with van der Waals surface area (Å²) in [5.74, 6) is -0.505. The maximum atomic E-state index is 14.2. The number of nitrogens with zero attached hydrogens (tertiary/aromatic N) is 2. The van der Waals surface area contributed by atoms with E-state index in [1.54, 1.807) is 24.9 Å². The Kier molecular flexibility index (Phi) is 8.18. The van der Waals surface area contributed by atoms with Crippen molar-refractivity contribution in [2.24, 2.45) is 5.92 Å². The molecule has 3 fully saturated rings. The molecular formula is C28H40FN5O4. The van der Waals surface area contributed by atoms with Gasteiger partial charge in [0.1, 0.15) is 30.3 Å². The van der Waals surface area contributed by atoms with Gasteiger partial charge in [0.15, 0.2) is 0 Å². The number of benzene rings is 1. The fourth-order valence-corrected chi connectivity index (χ4v) is 6.49. The second-order valence-corrected chi connectivity index (χ2v) is 11.2. The van der Waals surface area contributed by atoms with Crippen molar-refractivity contribution in [3.05, 3.63) is 29.6 Å². The predicted molar refractivity (Wildman–Crippen MR) is 140 cm³/mol.